The molecule has 1 aliphatic heterocycles. The molecular formula is C15H24BrClO. The molecule has 3 atom stereocenters. The van der Waals surface area contributed by atoms with Crippen molar-refractivity contribution in [1.29, 1.82) is 0 Å². The van der Waals surface area contributed by atoms with Crippen LogP contribution in [-0.2, 0) is 4.74 Å². The zero-order valence-corrected chi connectivity index (χ0v) is 14.1. The van der Waals surface area contributed by atoms with Crippen molar-refractivity contribution in [2.45, 2.75) is 63.5 Å². The second-order valence-electron chi connectivity index (χ2n) is 5.48. The van der Waals surface area contributed by atoms with Crippen LogP contribution in [0.2, 0.25) is 0 Å². The lowest BCUT2D eigenvalue weighted by molar-refractivity contribution is 0.308. The number of ether oxygens (including phenoxy) is 1. The maximum absolute atomic E-state index is 5.94. The van der Waals surface area contributed by atoms with E-state index in [1.54, 1.807) is 0 Å². The predicted octanol–water partition coefficient (Wildman–Crippen LogP) is 5.78. The number of epoxide rings is 1. The van der Waals surface area contributed by atoms with Gasteiger partial charge in [-0.1, -0.05) is 41.8 Å². The van der Waals surface area contributed by atoms with E-state index in [4.69, 9.17) is 16.3 Å². The molecule has 0 aliphatic carbocycles. The van der Waals surface area contributed by atoms with Gasteiger partial charge in [0.2, 0.25) is 0 Å². The van der Waals surface area contributed by atoms with Gasteiger partial charge in [0, 0.05) is 0 Å². The van der Waals surface area contributed by atoms with E-state index in [-0.39, 0.29) is 10.1 Å². The van der Waals surface area contributed by atoms with Gasteiger partial charge in [-0.05, 0) is 68.3 Å². The molecule has 1 heterocycles. The summed E-state index contributed by atoms with van der Waals surface area (Å²) in [6.07, 6.45) is 9.15. The Morgan fingerprint density at radius 3 is 2.44 bits per heavy atom. The number of rotatable bonds is 7. The molecule has 1 rings (SSSR count). The Hall–Kier alpha value is 0.210. The lowest BCUT2D eigenvalue weighted by atomic mass is 10.0. The minimum atomic E-state index is -0.266. The second-order valence-corrected chi connectivity index (χ2v) is 7.12. The van der Waals surface area contributed by atoms with Crippen LogP contribution in [0.4, 0.5) is 0 Å². The Balaban J connectivity index is 2.21. The normalized spacial score (nSPS) is 29.0. The zero-order valence-electron chi connectivity index (χ0n) is 11.8. The van der Waals surface area contributed by atoms with Crippen LogP contribution >= 0.6 is 27.5 Å². The molecule has 1 nitrogen and oxygen atoms in total. The van der Waals surface area contributed by atoms with Crippen LogP contribution in [0.1, 0.15) is 53.4 Å². The molecule has 1 fully saturated rings. The molecule has 1 saturated heterocycles. The van der Waals surface area contributed by atoms with Gasteiger partial charge in [0.05, 0.1) is 0 Å². The number of allylic oxidation sites excluding steroid dienone is 4. The van der Waals surface area contributed by atoms with Crippen molar-refractivity contribution in [2.75, 3.05) is 0 Å². The summed E-state index contributed by atoms with van der Waals surface area (Å²) in [5.41, 5.74) is 2.72. The summed E-state index contributed by atoms with van der Waals surface area (Å²) < 4.78 is 5.10. The fourth-order valence-electron chi connectivity index (χ4n) is 1.93. The molecule has 0 amide bonds. The molecule has 0 bridgehead atoms. The van der Waals surface area contributed by atoms with Crippen LogP contribution in [0.15, 0.2) is 23.3 Å². The summed E-state index contributed by atoms with van der Waals surface area (Å²) in [6, 6.07) is 0. The molecule has 0 spiro atoms. The topological polar surface area (TPSA) is 12.5 Å². The molecular weight excluding hydrogens is 312 g/mol. The second kappa shape index (κ2) is 7.12. The molecule has 104 valence electrons. The van der Waals surface area contributed by atoms with Gasteiger partial charge in [0.1, 0.15) is 0 Å². The van der Waals surface area contributed by atoms with Gasteiger partial charge in [-0.3, -0.25) is 0 Å². The first kappa shape index (κ1) is 16.3. The van der Waals surface area contributed by atoms with E-state index in [0.29, 0.717) is 5.92 Å². The lowest BCUT2D eigenvalue weighted by Gasteiger charge is -2.12. The number of halogens is 2. The molecule has 0 aromatic rings. The monoisotopic (exact) mass is 334 g/mol. The Kier molecular flexibility index (Phi) is 6.43. The largest absolute Gasteiger partial charge is 0.336 e. The fourth-order valence-corrected chi connectivity index (χ4v) is 2.82. The van der Waals surface area contributed by atoms with Gasteiger partial charge in [-0.2, -0.15) is 0 Å². The fraction of sp³-hybridized carbons (Fsp3) is 0.733. The average molecular weight is 336 g/mol. The molecule has 0 saturated carbocycles. The van der Waals surface area contributed by atoms with E-state index >= 15 is 0 Å². The quantitative estimate of drug-likeness (QED) is 0.326. The summed E-state index contributed by atoms with van der Waals surface area (Å²) in [5, 5.41) is 0. The highest BCUT2D eigenvalue weighted by atomic mass is 79.9. The highest BCUT2D eigenvalue weighted by molar-refractivity contribution is 9.10. The summed E-state index contributed by atoms with van der Waals surface area (Å²) >= 11 is 9.50. The lowest BCUT2D eigenvalue weighted by Crippen LogP contribution is -2.15. The molecule has 0 aromatic carbocycles. The summed E-state index contributed by atoms with van der Waals surface area (Å²) in [4.78, 5) is 0. The maximum atomic E-state index is 5.94. The van der Waals surface area contributed by atoms with Crippen LogP contribution in [0.3, 0.4) is 0 Å². The van der Waals surface area contributed by atoms with Crippen molar-refractivity contribution in [2.24, 2.45) is 5.92 Å². The first-order chi connectivity index (χ1) is 8.36. The predicted molar refractivity (Wildman–Crippen MR) is 83.2 cm³/mol. The number of hydrogen-bond donors (Lipinski definition) is 0. The van der Waals surface area contributed by atoms with E-state index in [9.17, 15) is 0 Å². The summed E-state index contributed by atoms with van der Waals surface area (Å²) in [7, 11) is 0. The number of hydrogen-bond acceptors (Lipinski definition) is 1. The third kappa shape index (κ3) is 5.07. The van der Waals surface area contributed by atoms with Crippen LogP contribution in [-0.4, -0.2) is 10.1 Å². The molecule has 18 heavy (non-hydrogen) atoms. The van der Waals surface area contributed by atoms with Crippen LogP contribution in [0, 0.1) is 5.92 Å². The van der Waals surface area contributed by atoms with Crippen LogP contribution in [0.5, 0.6) is 0 Å². The van der Waals surface area contributed by atoms with Gasteiger partial charge in [0.15, 0.2) is 10.1 Å². The third-order valence-corrected chi connectivity index (χ3v) is 5.45. The van der Waals surface area contributed by atoms with E-state index in [1.807, 2.05) is 0 Å². The first-order valence-electron chi connectivity index (χ1n) is 6.66. The van der Waals surface area contributed by atoms with Crippen LogP contribution in [0.25, 0.3) is 0 Å². The molecule has 0 N–H and O–H groups in total. The van der Waals surface area contributed by atoms with Gasteiger partial charge >= 0.3 is 0 Å². The Morgan fingerprint density at radius 1 is 1.33 bits per heavy atom. The number of alkyl halides is 2. The van der Waals surface area contributed by atoms with Crippen molar-refractivity contribution in [1.82, 2.24) is 0 Å². The zero-order chi connectivity index (χ0) is 13.8. The minimum absolute atomic E-state index is 0.157. The Bertz CT molecular complexity index is 333. The van der Waals surface area contributed by atoms with E-state index in [0.717, 1.165) is 25.7 Å². The average Bonchev–Trinajstić information content (AvgIpc) is 2.87. The van der Waals surface area contributed by atoms with E-state index in [2.05, 4.69) is 55.8 Å². The van der Waals surface area contributed by atoms with E-state index < -0.39 is 0 Å². The van der Waals surface area contributed by atoms with Gasteiger partial charge in [0.25, 0.3) is 0 Å². The van der Waals surface area contributed by atoms with Crippen molar-refractivity contribution >= 4 is 27.5 Å². The molecule has 0 aromatic heterocycles. The molecule has 1 aliphatic rings. The van der Waals surface area contributed by atoms with Crippen molar-refractivity contribution in [3.63, 3.8) is 0 Å². The van der Waals surface area contributed by atoms with Crippen molar-refractivity contribution in [3.8, 4) is 0 Å². The Morgan fingerprint density at radius 2 is 1.94 bits per heavy atom. The SMILES string of the molecule is CC(C)=CCCC(C)=CCCC(C)C1(Br)OC1Cl. The van der Waals surface area contributed by atoms with Crippen molar-refractivity contribution < 1.29 is 4.74 Å². The third-order valence-electron chi connectivity index (χ3n) is 3.39. The highest BCUT2D eigenvalue weighted by Crippen LogP contribution is 2.52. The van der Waals surface area contributed by atoms with Gasteiger partial charge in [-0.25, -0.2) is 0 Å². The minimum Gasteiger partial charge on any atom is -0.336 e. The smallest absolute Gasteiger partial charge is 0.172 e. The summed E-state index contributed by atoms with van der Waals surface area (Å²) in [5.74, 6) is 0.446. The van der Waals surface area contributed by atoms with Gasteiger partial charge < -0.3 is 4.74 Å². The van der Waals surface area contributed by atoms with E-state index in [1.165, 1.54) is 11.1 Å². The van der Waals surface area contributed by atoms with Crippen LogP contribution < -0.4 is 0 Å². The van der Waals surface area contributed by atoms with Gasteiger partial charge in [-0.15, -0.1) is 0 Å². The molecule has 0 radical (unpaired) electrons. The maximum Gasteiger partial charge on any atom is 0.172 e. The first-order valence-corrected chi connectivity index (χ1v) is 7.89. The standard InChI is InChI=1S/C15H24BrClO/c1-11(2)7-5-8-12(3)9-6-10-13(4)15(16)14(17)18-15/h7,9,13-14H,5-6,8,10H2,1-4H3. The summed E-state index contributed by atoms with van der Waals surface area (Å²) in [6.45, 7) is 8.69. The highest BCUT2D eigenvalue weighted by Gasteiger charge is 2.57. The Labute approximate surface area is 125 Å². The molecule has 3 unspecified atom stereocenters. The molecule has 3 heteroatoms. The van der Waals surface area contributed by atoms with Crippen molar-refractivity contribution in [3.05, 3.63) is 23.3 Å².